The van der Waals surface area contributed by atoms with E-state index in [1.807, 2.05) is 0 Å². The molecule has 0 amide bonds. The van der Waals surface area contributed by atoms with Crippen LogP contribution in [0.15, 0.2) is 0 Å². The number of thioether (sulfide) groups is 2. The van der Waals surface area contributed by atoms with Gasteiger partial charge in [-0.15, -0.1) is 24.2 Å². The molecule has 0 bridgehead atoms. The van der Waals surface area contributed by atoms with Gasteiger partial charge in [0.15, 0.2) is 0 Å². The minimum absolute atomic E-state index is 0. The highest BCUT2D eigenvalue weighted by molar-refractivity contribution is 7.99. The van der Waals surface area contributed by atoms with Gasteiger partial charge in [0, 0.05) is 18.2 Å². The molecule has 0 unspecified atom stereocenters. The predicted octanol–water partition coefficient (Wildman–Crippen LogP) is 5.68. The molecule has 0 spiro atoms. The van der Waals surface area contributed by atoms with Gasteiger partial charge in [-0.3, -0.25) is 4.90 Å². The van der Waals surface area contributed by atoms with Crippen molar-refractivity contribution < 1.29 is 0 Å². The third-order valence-corrected chi connectivity index (χ3v) is 5.90. The molecule has 20 heavy (non-hydrogen) atoms. The Morgan fingerprint density at radius 1 is 0.900 bits per heavy atom. The summed E-state index contributed by atoms with van der Waals surface area (Å²) >= 11 is 4.27. The van der Waals surface area contributed by atoms with E-state index in [1.54, 1.807) is 0 Å². The standard InChI is InChI=1S/C16H33NS2.ClH/c1-2-3-4-6-9-13-18-14-10-7-5-8-11-17-12-15-19-16-17;/h2-16H2,1H3;1H. The number of hydrogen-bond donors (Lipinski definition) is 0. The fraction of sp³-hybridized carbons (Fsp3) is 1.00. The first-order chi connectivity index (χ1) is 9.43. The van der Waals surface area contributed by atoms with Crippen LogP contribution >= 0.6 is 35.9 Å². The van der Waals surface area contributed by atoms with E-state index in [2.05, 4.69) is 35.3 Å². The smallest absolute Gasteiger partial charge is 0.0445 e. The molecular weight excluding hydrogens is 306 g/mol. The monoisotopic (exact) mass is 339 g/mol. The largest absolute Gasteiger partial charge is 0.293 e. The Balaban J connectivity index is 0.00000361. The van der Waals surface area contributed by atoms with Crippen LogP contribution in [-0.2, 0) is 0 Å². The van der Waals surface area contributed by atoms with Crippen LogP contribution in [0.4, 0.5) is 0 Å². The zero-order valence-electron chi connectivity index (χ0n) is 13.3. The van der Waals surface area contributed by atoms with Crippen molar-refractivity contribution in [1.82, 2.24) is 4.90 Å². The zero-order chi connectivity index (χ0) is 13.6. The van der Waals surface area contributed by atoms with Crippen molar-refractivity contribution in [1.29, 1.82) is 0 Å². The minimum Gasteiger partial charge on any atom is -0.293 e. The highest BCUT2D eigenvalue weighted by atomic mass is 35.5. The summed E-state index contributed by atoms with van der Waals surface area (Å²) in [5.41, 5.74) is 0. The molecule has 1 saturated heterocycles. The maximum Gasteiger partial charge on any atom is 0.0445 e. The predicted molar refractivity (Wildman–Crippen MR) is 101 cm³/mol. The number of halogens is 1. The second-order valence-corrected chi connectivity index (χ2v) is 7.90. The van der Waals surface area contributed by atoms with Crippen molar-refractivity contribution in [3.05, 3.63) is 0 Å². The summed E-state index contributed by atoms with van der Waals surface area (Å²) in [4.78, 5) is 2.61. The Bertz CT molecular complexity index is 187. The van der Waals surface area contributed by atoms with Gasteiger partial charge in [-0.2, -0.15) is 11.8 Å². The second kappa shape index (κ2) is 16.3. The topological polar surface area (TPSA) is 3.24 Å². The van der Waals surface area contributed by atoms with Crippen molar-refractivity contribution >= 4 is 35.9 Å². The fourth-order valence-electron chi connectivity index (χ4n) is 2.43. The Labute approximate surface area is 141 Å². The van der Waals surface area contributed by atoms with Crippen LogP contribution in [-0.4, -0.2) is 41.1 Å². The first-order valence-electron chi connectivity index (χ1n) is 8.31. The summed E-state index contributed by atoms with van der Waals surface area (Å²) in [6.45, 7) is 4.97. The fourth-order valence-corrected chi connectivity index (χ4v) is 4.48. The third-order valence-electron chi connectivity index (χ3n) is 3.73. The van der Waals surface area contributed by atoms with Gasteiger partial charge in [0.2, 0.25) is 0 Å². The van der Waals surface area contributed by atoms with Crippen molar-refractivity contribution in [3.63, 3.8) is 0 Å². The molecule has 0 aromatic heterocycles. The van der Waals surface area contributed by atoms with Gasteiger partial charge >= 0.3 is 0 Å². The molecule has 0 N–H and O–H groups in total. The van der Waals surface area contributed by atoms with Crippen LogP contribution in [0, 0.1) is 0 Å². The Morgan fingerprint density at radius 2 is 1.55 bits per heavy atom. The molecule has 0 aliphatic carbocycles. The lowest BCUT2D eigenvalue weighted by atomic mass is 10.2. The highest BCUT2D eigenvalue weighted by Gasteiger charge is 2.10. The van der Waals surface area contributed by atoms with Gasteiger partial charge < -0.3 is 0 Å². The normalized spacial score (nSPS) is 15.4. The summed E-state index contributed by atoms with van der Waals surface area (Å²) in [5, 5.41) is 0. The highest BCUT2D eigenvalue weighted by Crippen LogP contribution is 2.15. The molecule has 1 fully saturated rings. The maximum atomic E-state index is 2.61. The van der Waals surface area contributed by atoms with Crippen molar-refractivity contribution in [2.24, 2.45) is 0 Å². The summed E-state index contributed by atoms with van der Waals surface area (Å²) < 4.78 is 0. The van der Waals surface area contributed by atoms with Crippen molar-refractivity contribution in [3.8, 4) is 0 Å². The Morgan fingerprint density at radius 3 is 2.15 bits per heavy atom. The van der Waals surface area contributed by atoms with Crippen LogP contribution in [0.5, 0.6) is 0 Å². The first kappa shape index (κ1) is 20.9. The lowest BCUT2D eigenvalue weighted by Crippen LogP contribution is -2.20. The molecule has 1 aliphatic rings. The summed E-state index contributed by atoms with van der Waals surface area (Å²) in [5.74, 6) is 5.44. The average Bonchev–Trinajstić information content (AvgIpc) is 2.93. The summed E-state index contributed by atoms with van der Waals surface area (Å²) in [6.07, 6.45) is 12.9. The molecule has 1 aliphatic heterocycles. The summed E-state index contributed by atoms with van der Waals surface area (Å²) in [6, 6.07) is 0. The van der Waals surface area contributed by atoms with Gasteiger partial charge in [-0.25, -0.2) is 0 Å². The zero-order valence-corrected chi connectivity index (χ0v) is 15.7. The lowest BCUT2D eigenvalue weighted by Gasteiger charge is -2.12. The van der Waals surface area contributed by atoms with Crippen LogP contribution in [0.25, 0.3) is 0 Å². The van der Waals surface area contributed by atoms with E-state index in [-0.39, 0.29) is 12.4 Å². The van der Waals surface area contributed by atoms with Gasteiger partial charge in [0.1, 0.15) is 0 Å². The maximum absolute atomic E-state index is 2.61. The molecule has 0 aromatic carbocycles. The molecule has 122 valence electrons. The van der Waals surface area contributed by atoms with Crippen LogP contribution in [0.1, 0.15) is 64.7 Å². The van der Waals surface area contributed by atoms with E-state index in [0.717, 1.165) is 0 Å². The number of hydrogen-bond acceptors (Lipinski definition) is 3. The number of rotatable bonds is 13. The SMILES string of the molecule is CCCCCCCSCCCCCCN1CCSC1.Cl. The molecule has 1 heterocycles. The molecule has 1 rings (SSSR count). The van der Waals surface area contributed by atoms with E-state index in [0.29, 0.717) is 0 Å². The molecular formula is C16H34ClNS2. The van der Waals surface area contributed by atoms with Gasteiger partial charge in [0.25, 0.3) is 0 Å². The van der Waals surface area contributed by atoms with E-state index >= 15 is 0 Å². The minimum atomic E-state index is 0. The van der Waals surface area contributed by atoms with Gasteiger partial charge in [-0.05, 0) is 37.3 Å². The van der Waals surface area contributed by atoms with E-state index in [1.165, 1.54) is 94.0 Å². The van der Waals surface area contributed by atoms with E-state index < -0.39 is 0 Å². The number of unbranched alkanes of at least 4 members (excludes halogenated alkanes) is 7. The molecule has 4 heteroatoms. The molecule has 0 radical (unpaired) electrons. The second-order valence-electron chi connectivity index (χ2n) is 5.60. The van der Waals surface area contributed by atoms with Crippen LogP contribution in [0.2, 0.25) is 0 Å². The van der Waals surface area contributed by atoms with Gasteiger partial charge in [-0.1, -0.05) is 45.4 Å². The molecule has 0 atom stereocenters. The Hall–Kier alpha value is 0.950. The average molecular weight is 340 g/mol. The lowest BCUT2D eigenvalue weighted by molar-refractivity contribution is 0.344. The third kappa shape index (κ3) is 12.7. The summed E-state index contributed by atoms with van der Waals surface area (Å²) in [7, 11) is 0. The van der Waals surface area contributed by atoms with E-state index in [4.69, 9.17) is 0 Å². The molecule has 1 nitrogen and oxygen atoms in total. The molecule has 0 aromatic rings. The Kier molecular flexibility index (Phi) is 17.1. The number of nitrogens with zero attached hydrogens (tertiary/aromatic N) is 1. The quantitative estimate of drug-likeness (QED) is 0.397. The van der Waals surface area contributed by atoms with Crippen LogP contribution < -0.4 is 0 Å². The van der Waals surface area contributed by atoms with Crippen LogP contribution in [0.3, 0.4) is 0 Å². The molecule has 0 saturated carbocycles. The van der Waals surface area contributed by atoms with Crippen molar-refractivity contribution in [2.45, 2.75) is 64.7 Å². The van der Waals surface area contributed by atoms with Gasteiger partial charge in [0.05, 0.1) is 0 Å². The first-order valence-corrected chi connectivity index (χ1v) is 10.6. The van der Waals surface area contributed by atoms with E-state index in [9.17, 15) is 0 Å². The van der Waals surface area contributed by atoms with Crippen molar-refractivity contribution in [2.75, 3.05) is 36.2 Å².